The van der Waals surface area contributed by atoms with Crippen LogP contribution in [0.5, 0.6) is 0 Å². The Morgan fingerprint density at radius 3 is 2.37 bits per heavy atom. The van der Waals surface area contributed by atoms with Crippen LogP contribution < -0.4 is 0 Å². The average molecular weight is 272 g/mol. The van der Waals surface area contributed by atoms with E-state index in [1.807, 2.05) is 13.8 Å². The third-order valence-electron chi connectivity index (χ3n) is 4.19. The first kappa shape index (κ1) is 16.9. The molecule has 4 atom stereocenters. The van der Waals surface area contributed by atoms with E-state index in [1.165, 1.54) is 25.7 Å². The van der Waals surface area contributed by atoms with Gasteiger partial charge in [0.15, 0.2) is 5.79 Å². The first-order chi connectivity index (χ1) is 8.84. The van der Waals surface area contributed by atoms with Crippen LogP contribution in [0.25, 0.3) is 0 Å². The fraction of sp³-hybridized carbons (Fsp3) is 1.00. The van der Waals surface area contributed by atoms with Gasteiger partial charge < -0.3 is 14.6 Å². The van der Waals surface area contributed by atoms with E-state index in [2.05, 4.69) is 20.8 Å². The van der Waals surface area contributed by atoms with Gasteiger partial charge in [-0.1, -0.05) is 46.5 Å². The Labute approximate surface area is 118 Å². The smallest absolute Gasteiger partial charge is 0.163 e. The van der Waals surface area contributed by atoms with E-state index in [1.54, 1.807) is 0 Å². The predicted molar refractivity (Wildman–Crippen MR) is 78.0 cm³/mol. The van der Waals surface area contributed by atoms with E-state index in [9.17, 15) is 5.11 Å². The van der Waals surface area contributed by atoms with Crippen molar-refractivity contribution in [3.63, 3.8) is 0 Å². The molecule has 1 rings (SSSR count). The molecule has 0 unspecified atom stereocenters. The number of rotatable bonds is 8. The third-order valence-corrected chi connectivity index (χ3v) is 4.19. The summed E-state index contributed by atoms with van der Waals surface area (Å²) in [5.74, 6) is 0.835. The van der Waals surface area contributed by atoms with Crippen LogP contribution in [0.3, 0.4) is 0 Å². The normalized spacial score (nSPS) is 27.2. The lowest BCUT2D eigenvalue weighted by Gasteiger charge is -2.23. The molecule has 1 heterocycles. The molecule has 1 N–H and O–H groups in total. The number of ether oxygens (including phenoxy) is 2. The molecule has 0 aromatic rings. The Hall–Kier alpha value is -0.120. The Morgan fingerprint density at radius 2 is 1.84 bits per heavy atom. The zero-order valence-corrected chi connectivity index (χ0v) is 13.3. The van der Waals surface area contributed by atoms with E-state index in [0.717, 1.165) is 12.3 Å². The number of aliphatic hydroxyl groups excluding tert-OH is 1. The van der Waals surface area contributed by atoms with Crippen molar-refractivity contribution in [2.45, 2.75) is 84.7 Å². The summed E-state index contributed by atoms with van der Waals surface area (Å²) in [4.78, 5) is 0. The zero-order valence-electron chi connectivity index (χ0n) is 13.3. The molecule has 0 amide bonds. The van der Waals surface area contributed by atoms with Crippen LogP contribution in [-0.2, 0) is 9.47 Å². The van der Waals surface area contributed by atoms with Crippen LogP contribution in [0, 0.1) is 11.8 Å². The summed E-state index contributed by atoms with van der Waals surface area (Å²) in [6, 6.07) is 0. The number of hydrogen-bond donors (Lipinski definition) is 1. The molecule has 3 nitrogen and oxygen atoms in total. The zero-order chi connectivity index (χ0) is 14.5. The van der Waals surface area contributed by atoms with E-state index >= 15 is 0 Å². The maximum atomic E-state index is 10.2. The van der Waals surface area contributed by atoms with Gasteiger partial charge in [0.05, 0.1) is 12.7 Å². The molecule has 0 bridgehead atoms. The van der Waals surface area contributed by atoms with Crippen LogP contribution in [0.4, 0.5) is 0 Å². The topological polar surface area (TPSA) is 38.7 Å². The van der Waals surface area contributed by atoms with Crippen molar-refractivity contribution in [3.8, 4) is 0 Å². The van der Waals surface area contributed by atoms with Gasteiger partial charge >= 0.3 is 0 Å². The lowest BCUT2D eigenvalue weighted by atomic mass is 9.92. The van der Waals surface area contributed by atoms with Crippen molar-refractivity contribution in [3.05, 3.63) is 0 Å². The van der Waals surface area contributed by atoms with Gasteiger partial charge in [-0.15, -0.1) is 0 Å². The lowest BCUT2D eigenvalue weighted by Crippen LogP contribution is -2.32. The minimum Gasteiger partial charge on any atom is -0.390 e. The molecule has 3 heteroatoms. The molecule has 1 aliphatic rings. The molecule has 0 aromatic heterocycles. The largest absolute Gasteiger partial charge is 0.390 e. The monoisotopic (exact) mass is 272 g/mol. The highest BCUT2D eigenvalue weighted by atomic mass is 16.7. The van der Waals surface area contributed by atoms with Crippen molar-refractivity contribution in [1.82, 2.24) is 0 Å². The molecule has 19 heavy (non-hydrogen) atoms. The highest BCUT2D eigenvalue weighted by Gasteiger charge is 2.36. The first-order valence-electron chi connectivity index (χ1n) is 7.84. The SMILES string of the molecule is CC[C@@H](C)CCC[C@@H](C)C[C@H](O)[C@H]1COC(C)(C)O1. The van der Waals surface area contributed by atoms with Crippen LogP contribution in [0.2, 0.25) is 0 Å². The van der Waals surface area contributed by atoms with Gasteiger partial charge in [-0.25, -0.2) is 0 Å². The summed E-state index contributed by atoms with van der Waals surface area (Å²) in [7, 11) is 0. The first-order valence-corrected chi connectivity index (χ1v) is 7.84. The minimum atomic E-state index is -0.536. The average Bonchev–Trinajstić information content (AvgIpc) is 2.69. The summed E-state index contributed by atoms with van der Waals surface area (Å²) in [6.45, 7) is 11.1. The number of aliphatic hydroxyl groups is 1. The van der Waals surface area contributed by atoms with Gasteiger partial charge in [0.25, 0.3) is 0 Å². The van der Waals surface area contributed by atoms with Crippen LogP contribution in [-0.4, -0.2) is 29.7 Å². The molecule has 0 aliphatic carbocycles. The Bertz CT molecular complexity index is 252. The summed E-state index contributed by atoms with van der Waals surface area (Å²) in [5.41, 5.74) is 0. The van der Waals surface area contributed by atoms with Gasteiger partial charge in [0.2, 0.25) is 0 Å². The van der Waals surface area contributed by atoms with Crippen LogP contribution in [0.1, 0.15) is 66.7 Å². The fourth-order valence-electron chi connectivity index (χ4n) is 2.61. The van der Waals surface area contributed by atoms with E-state index < -0.39 is 11.9 Å². The van der Waals surface area contributed by atoms with E-state index in [0.29, 0.717) is 12.5 Å². The van der Waals surface area contributed by atoms with Gasteiger partial charge in [-0.2, -0.15) is 0 Å². The quantitative estimate of drug-likeness (QED) is 0.731. The Kier molecular flexibility index (Phi) is 6.78. The maximum Gasteiger partial charge on any atom is 0.163 e. The third kappa shape index (κ3) is 6.24. The number of hydrogen-bond acceptors (Lipinski definition) is 3. The second kappa shape index (κ2) is 7.61. The second-order valence-corrected chi connectivity index (χ2v) is 6.72. The molecule has 0 aromatic carbocycles. The summed E-state index contributed by atoms with van der Waals surface area (Å²) in [6.07, 6.45) is 5.26. The molecule has 114 valence electrons. The van der Waals surface area contributed by atoms with Gasteiger partial charge in [0.1, 0.15) is 6.10 Å². The van der Waals surface area contributed by atoms with Crippen molar-refractivity contribution >= 4 is 0 Å². The second-order valence-electron chi connectivity index (χ2n) is 6.72. The van der Waals surface area contributed by atoms with Gasteiger partial charge in [-0.05, 0) is 32.1 Å². The minimum absolute atomic E-state index is 0.160. The molecule has 1 fully saturated rings. The standard InChI is InChI=1S/C16H32O3/c1-6-12(2)8-7-9-13(3)10-14(17)15-11-18-16(4,5)19-15/h12-15,17H,6-11H2,1-5H3/t12-,13-,14+,15-/m1/s1. The predicted octanol–water partition coefficient (Wildman–Crippen LogP) is 3.74. The van der Waals surface area contributed by atoms with Crippen molar-refractivity contribution < 1.29 is 14.6 Å². The van der Waals surface area contributed by atoms with Crippen molar-refractivity contribution in [2.75, 3.05) is 6.61 Å². The summed E-state index contributed by atoms with van der Waals surface area (Å²) >= 11 is 0. The highest BCUT2D eigenvalue weighted by Crippen LogP contribution is 2.27. The molecular weight excluding hydrogens is 240 g/mol. The Balaban J connectivity index is 2.19. The molecule has 0 spiro atoms. The summed E-state index contributed by atoms with van der Waals surface area (Å²) in [5, 5.41) is 10.2. The van der Waals surface area contributed by atoms with E-state index in [-0.39, 0.29) is 6.10 Å². The molecule has 1 aliphatic heterocycles. The van der Waals surface area contributed by atoms with Crippen molar-refractivity contribution in [2.24, 2.45) is 11.8 Å². The molecule has 1 saturated heterocycles. The molecule has 0 saturated carbocycles. The van der Waals surface area contributed by atoms with E-state index in [4.69, 9.17) is 9.47 Å². The summed E-state index contributed by atoms with van der Waals surface area (Å²) < 4.78 is 11.2. The maximum absolute atomic E-state index is 10.2. The van der Waals surface area contributed by atoms with Gasteiger partial charge in [-0.3, -0.25) is 0 Å². The van der Waals surface area contributed by atoms with Crippen LogP contribution in [0.15, 0.2) is 0 Å². The lowest BCUT2D eigenvalue weighted by molar-refractivity contribution is -0.152. The highest BCUT2D eigenvalue weighted by molar-refractivity contribution is 4.78. The molecular formula is C16H32O3. The van der Waals surface area contributed by atoms with Gasteiger partial charge in [0, 0.05) is 0 Å². The van der Waals surface area contributed by atoms with Crippen molar-refractivity contribution in [1.29, 1.82) is 0 Å². The fourth-order valence-corrected chi connectivity index (χ4v) is 2.61. The van der Waals surface area contributed by atoms with Crippen LogP contribution >= 0.6 is 0 Å². The Morgan fingerprint density at radius 1 is 1.21 bits per heavy atom. The molecule has 0 radical (unpaired) electrons.